The van der Waals surface area contributed by atoms with Gasteiger partial charge in [-0.1, -0.05) is 41.5 Å². The number of amides is 1. The number of aromatic nitrogens is 2. The number of carbonyl (C=O) groups is 1. The second-order valence-corrected chi connectivity index (χ2v) is 15.9. The Morgan fingerprint density at radius 1 is 0.925 bits per heavy atom. The van der Waals surface area contributed by atoms with E-state index in [2.05, 4.69) is 27.1 Å². The Hall–Kier alpha value is -3.63. The number of nitrogens with zero attached hydrogens (tertiary/aromatic N) is 4. The van der Waals surface area contributed by atoms with Crippen LogP contribution in [0.4, 0.5) is 26.3 Å². The first-order valence-corrected chi connectivity index (χ1v) is 19.3. The predicted octanol–water partition coefficient (Wildman–Crippen LogP) is 7.82. The van der Waals surface area contributed by atoms with Crippen LogP contribution in [-0.4, -0.2) is 65.3 Å². The molecular weight excluding hydrogens is 789 g/mol. The number of nitrogens with one attached hydrogen (secondary N) is 2. The van der Waals surface area contributed by atoms with Gasteiger partial charge in [-0.3, -0.25) is 10.2 Å². The van der Waals surface area contributed by atoms with Gasteiger partial charge in [0.1, 0.15) is 6.04 Å². The number of rotatable bonds is 8. The second kappa shape index (κ2) is 15.6. The monoisotopic (exact) mass is 818 g/mol. The average Bonchev–Trinajstić information content (AvgIpc) is 3.86. The molecule has 0 radical (unpaired) electrons. The normalized spacial score (nSPS) is 17.5. The van der Waals surface area contributed by atoms with E-state index in [0.717, 1.165) is 42.7 Å². The van der Waals surface area contributed by atoms with Crippen LogP contribution in [0.15, 0.2) is 54.6 Å². The van der Waals surface area contributed by atoms with E-state index < -0.39 is 53.0 Å². The van der Waals surface area contributed by atoms with Crippen LogP contribution in [0.5, 0.6) is 0 Å². The topological polar surface area (TPSA) is 99.6 Å². The Balaban J connectivity index is 1.44. The van der Waals surface area contributed by atoms with Crippen molar-refractivity contribution in [2.75, 3.05) is 19.6 Å². The number of alkyl halides is 6. The third-order valence-corrected chi connectivity index (χ3v) is 11.8. The summed E-state index contributed by atoms with van der Waals surface area (Å²) in [4.78, 5) is 14.8. The fraction of sp³-hybridized carbons (Fsp3) is 0.353. The van der Waals surface area contributed by atoms with E-state index in [1.165, 1.54) is 28.9 Å². The van der Waals surface area contributed by atoms with Crippen molar-refractivity contribution in [3.63, 3.8) is 0 Å². The van der Waals surface area contributed by atoms with Gasteiger partial charge in [0.2, 0.25) is 0 Å². The first-order chi connectivity index (χ1) is 25.0. The maximum Gasteiger partial charge on any atom is 0.416 e. The Morgan fingerprint density at radius 2 is 1.64 bits per heavy atom. The molecule has 2 aromatic heterocycles. The highest BCUT2D eigenvalue weighted by Crippen LogP contribution is 2.38. The molecule has 2 fully saturated rings. The van der Waals surface area contributed by atoms with Gasteiger partial charge in [-0.25, -0.2) is 9.69 Å². The smallest absolute Gasteiger partial charge is 0.283 e. The van der Waals surface area contributed by atoms with Gasteiger partial charge in [-0.05, 0) is 80.3 Å². The van der Waals surface area contributed by atoms with Crippen LogP contribution in [-0.2, 0) is 22.9 Å². The van der Waals surface area contributed by atoms with E-state index in [4.69, 9.17) is 23.2 Å². The highest BCUT2D eigenvalue weighted by atomic mass is 35.5. The minimum absolute atomic E-state index is 0.0122. The molecule has 4 aromatic rings. The van der Waals surface area contributed by atoms with Gasteiger partial charge in [-0.15, -0.1) is 11.3 Å². The lowest BCUT2D eigenvalue weighted by molar-refractivity contribution is -0.165. The molecule has 1 atom stereocenters. The van der Waals surface area contributed by atoms with Crippen molar-refractivity contribution in [1.82, 2.24) is 29.2 Å². The van der Waals surface area contributed by atoms with E-state index >= 15 is 0 Å². The van der Waals surface area contributed by atoms with Gasteiger partial charge in [0.15, 0.2) is 5.69 Å². The van der Waals surface area contributed by atoms with Crippen LogP contribution in [0.2, 0.25) is 10.0 Å². The SMILES string of the molecule is O=C(NN1CCCCC1)c1nn(-c2ccc(Cl)cc2Cl)c(-c2ccc(C#Cc3ccc(C(F)(F)F)cc3)s2)c1CNS(=O)(=O)N1CCCC1C(F)(F)F. The lowest BCUT2D eigenvalue weighted by atomic mass is 10.1. The van der Waals surface area contributed by atoms with Gasteiger partial charge < -0.3 is 0 Å². The summed E-state index contributed by atoms with van der Waals surface area (Å²) in [5, 5.41) is 6.73. The molecule has 0 saturated carbocycles. The van der Waals surface area contributed by atoms with Crippen molar-refractivity contribution in [1.29, 1.82) is 0 Å². The molecule has 2 saturated heterocycles. The van der Waals surface area contributed by atoms with E-state index in [1.807, 2.05) is 0 Å². The average molecular weight is 820 g/mol. The van der Waals surface area contributed by atoms with Crippen LogP contribution in [0.3, 0.4) is 0 Å². The molecule has 4 heterocycles. The number of hydrazine groups is 1. The summed E-state index contributed by atoms with van der Waals surface area (Å²) in [6.45, 7) is 0.144. The van der Waals surface area contributed by atoms with Gasteiger partial charge in [0.25, 0.3) is 16.1 Å². The van der Waals surface area contributed by atoms with Gasteiger partial charge in [0.05, 0.1) is 31.7 Å². The summed E-state index contributed by atoms with van der Waals surface area (Å²) in [6.07, 6.45) is -7.04. The molecule has 2 aromatic carbocycles. The van der Waals surface area contributed by atoms with Crippen molar-refractivity contribution in [3.05, 3.63) is 91.9 Å². The molecule has 1 amide bonds. The Kier molecular flexibility index (Phi) is 11.5. The molecule has 0 bridgehead atoms. The zero-order valence-electron chi connectivity index (χ0n) is 27.5. The number of carbonyl (C=O) groups excluding carboxylic acids is 1. The molecule has 282 valence electrons. The zero-order chi connectivity index (χ0) is 38.1. The van der Waals surface area contributed by atoms with Crippen molar-refractivity contribution in [3.8, 4) is 28.1 Å². The van der Waals surface area contributed by atoms with E-state index in [1.54, 1.807) is 23.2 Å². The summed E-state index contributed by atoms with van der Waals surface area (Å²) in [6, 6.07) is 9.87. The molecule has 19 heteroatoms. The third kappa shape index (κ3) is 9.02. The van der Waals surface area contributed by atoms with Crippen LogP contribution >= 0.6 is 34.5 Å². The fourth-order valence-electron chi connectivity index (χ4n) is 6.09. The molecule has 2 aliphatic rings. The maximum atomic E-state index is 13.9. The summed E-state index contributed by atoms with van der Waals surface area (Å²) >= 11 is 13.9. The van der Waals surface area contributed by atoms with Gasteiger partial charge in [-0.2, -0.15) is 48.9 Å². The van der Waals surface area contributed by atoms with Crippen LogP contribution < -0.4 is 10.1 Å². The molecular formula is C34H30Cl2F6N6O3S2. The Bertz CT molecular complexity index is 2160. The van der Waals surface area contributed by atoms with Crippen LogP contribution in [0, 0.1) is 11.8 Å². The number of piperidine rings is 1. The van der Waals surface area contributed by atoms with Crippen molar-refractivity contribution < 1.29 is 39.6 Å². The molecule has 53 heavy (non-hydrogen) atoms. The lowest BCUT2D eigenvalue weighted by Crippen LogP contribution is -2.49. The predicted molar refractivity (Wildman–Crippen MR) is 189 cm³/mol. The first kappa shape index (κ1) is 39.1. The molecule has 1 unspecified atom stereocenters. The van der Waals surface area contributed by atoms with Crippen molar-refractivity contribution >= 4 is 50.7 Å². The third-order valence-electron chi connectivity index (χ3n) is 8.66. The lowest BCUT2D eigenvalue weighted by Gasteiger charge is -2.27. The molecule has 2 aliphatic heterocycles. The summed E-state index contributed by atoms with van der Waals surface area (Å²) in [5.74, 6) is 5.04. The number of halogens is 8. The second-order valence-electron chi connectivity index (χ2n) is 12.3. The summed E-state index contributed by atoms with van der Waals surface area (Å²) < 4.78 is 111. The zero-order valence-corrected chi connectivity index (χ0v) is 30.6. The Morgan fingerprint density at radius 3 is 2.30 bits per heavy atom. The highest BCUT2D eigenvalue weighted by molar-refractivity contribution is 7.87. The molecule has 0 spiro atoms. The van der Waals surface area contributed by atoms with Crippen LogP contribution in [0.25, 0.3) is 16.3 Å². The summed E-state index contributed by atoms with van der Waals surface area (Å²) in [5.41, 5.74) is 2.60. The number of benzene rings is 2. The van der Waals surface area contributed by atoms with E-state index in [9.17, 15) is 39.6 Å². The number of hydrogen-bond donors (Lipinski definition) is 2. The van der Waals surface area contributed by atoms with Gasteiger partial charge in [0, 0.05) is 42.3 Å². The quantitative estimate of drug-likeness (QED) is 0.140. The molecule has 2 N–H and O–H groups in total. The van der Waals surface area contributed by atoms with Gasteiger partial charge >= 0.3 is 12.4 Å². The maximum absolute atomic E-state index is 13.9. The molecule has 9 nitrogen and oxygen atoms in total. The van der Waals surface area contributed by atoms with Crippen molar-refractivity contribution in [2.24, 2.45) is 0 Å². The van der Waals surface area contributed by atoms with E-state index in [0.29, 0.717) is 37.7 Å². The Labute approximate surface area is 315 Å². The highest BCUT2D eigenvalue weighted by Gasteiger charge is 2.50. The standard InChI is InChI=1S/C34H30Cl2F6N6O3S2/c35-23-11-14-27(26(36)19-23)48-31(28-15-13-24(52-28)12-8-21-6-9-22(10-7-21)33(37,38)39)25(30(44-48)32(49)45-46-16-2-1-3-17-46)20-43-53(50,51)47-18-4-5-29(47)34(40,41)42/h6-7,9-11,13-15,19,29,43H,1-5,16-18,20H2,(H,45,49). The number of hydrogen-bond acceptors (Lipinski definition) is 6. The van der Waals surface area contributed by atoms with Crippen molar-refractivity contribution in [2.45, 2.75) is 57.0 Å². The largest absolute Gasteiger partial charge is 0.416 e. The fourth-order valence-corrected chi connectivity index (χ4v) is 8.92. The first-order valence-electron chi connectivity index (χ1n) is 16.3. The molecule has 0 aliphatic carbocycles. The minimum Gasteiger partial charge on any atom is -0.283 e. The summed E-state index contributed by atoms with van der Waals surface area (Å²) in [7, 11) is -4.72. The minimum atomic E-state index is -4.79. The number of thiophene rings is 1. The van der Waals surface area contributed by atoms with E-state index in [-0.39, 0.29) is 40.6 Å². The molecule has 6 rings (SSSR count). The van der Waals surface area contributed by atoms with Crippen LogP contribution in [0.1, 0.15) is 64.2 Å².